The number of aromatic amines is 1. The first kappa shape index (κ1) is 34.0. The number of H-pyrrole nitrogens is 1. The summed E-state index contributed by atoms with van der Waals surface area (Å²) in [5, 5.41) is 0.487. The molecule has 1 heterocycles. The number of pyridine rings is 1. The summed E-state index contributed by atoms with van der Waals surface area (Å²) in [4.78, 5) is 28.5. The second-order valence-electron chi connectivity index (χ2n) is 9.88. The first-order valence-corrected chi connectivity index (χ1v) is 15.9. The largest absolute Gasteiger partial charge is 0.496 e. The van der Waals surface area contributed by atoms with Gasteiger partial charge in [-0.3, -0.25) is 0 Å². The van der Waals surface area contributed by atoms with Crippen LogP contribution < -0.4 is 23.4 Å². The fourth-order valence-corrected chi connectivity index (χ4v) is 5.05. The number of benzene rings is 2. The van der Waals surface area contributed by atoms with Crippen LogP contribution in [0.5, 0.6) is 23.0 Å². The monoisotopic (exact) mass is 690 g/mol. The van der Waals surface area contributed by atoms with Crippen LogP contribution in [0.15, 0.2) is 48.8 Å². The molecule has 1 fully saturated rings. The van der Waals surface area contributed by atoms with Crippen LogP contribution >= 0.6 is 23.2 Å². The van der Waals surface area contributed by atoms with Crippen molar-refractivity contribution in [2.24, 2.45) is 5.92 Å². The lowest BCUT2D eigenvalue weighted by Crippen LogP contribution is -2.21. The van der Waals surface area contributed by atoms with E-state index in [1.807, 2.05) is 0 Å². The molecule has 2 aromatic carbocycles. The quantitative estimate of drug-likeness (QED) is 0.154. The Morgan fingerprint density at radius 1 is 1.02 bits per heavy atom. The Labute approximate surface area is 267 Å². The number of hydrogen-bond donors (Lipinski definition) is 0. The molecule has 3 aromatic rings. The van der Waals surface area contributed by atoms with Gasteiger partial charge in [0.05, 0.1) is 20.0 Å². The Kier molecular flexibility index (Phi) is 11.3. The maximum atomic E-state index is 13.1. The van der Waals surface area contributed by atoms with E-state index in [9.17, 15) is 26.8 Å². The molecular weight excluding hydrogens is 663 g/mol. The average Bonchev–Trinajstić information content (AvgIpc) is 3.80. The summed E-state index contributed by atoms with van der Waals surface area (Å²) >= 11 is 12.7. The highest BCUT2D eigenvalue weighted by Crippen LogP contribution is 2.38. The number of nitrogens with one attached hydrogen (secondary N) is 1. The number of rotatable bonds is 15. The fourth-order valence-electron chi connectivity index (χ4n) is 4.07. The van der Waals surface area contributed by atoms with Gasteiger partial charge in [-0.25, -0.2) is 14.6 Å². The summed E-state index contributed by atoms with van der Waals surface area (Å²) in [5.41, 5.74) is 0.639. The van der Waals surface area contributed by atoms with Crippen molar-refractivity contribution in [1.29, 1.82) is 0 Å². The maximum absolute atomic E-state index is 13.1. The lowest BCUT2D eigenvalue weighted by molar-refractivity contribution is -0.377. The minimum absolute atomic E-state index is 0.0289. The molecule has 0 aliphatic heterocycles. The fraction of sp³-hybridized carbons (Fsp3) is 0.345. The van der Waals surface area contributed by atoms with Crippen LogP contribution in [0.3, 0.4) is 0 Å². The van der Waals surface area contributed by atoms with Gasteiger partial charge in [0, 0.05) is 18.1 Å². The number of carbonyl (C=O) groups excluding carboxylic acids is 2. The van der Waals surface area contributed by atoms with E-state index in [4.69, 9.17) is 46.3 Å². The second-order valence-corrected chi connectivity index (χ2v) is 12.3. The summed E-state index contributed by atoms with van der Waals surface area (Å²) in [6, 6.07) is 7.71. The molecule has 0 saturated heterocycles. The van der Waals surface area contributed by atoms with E-state index >= 15 is 0 Å². The number of halogens is 4. The number of esters is 2. The molecule has 45 heavy (non-hydrogen) atoms. The predicted molar refractivity (Wildman–Crippen MR) is 156 cm³/mol. The van der Waals surface area contributed by atoms with E-state index < -0.39 is 41.4 Å². The molecule has 0 unspecified atom stereocenters. The van der Waals surface area contributed by atoms with Crippen molar-refractivity contribution in [2.75, 3.05) is 26.6 Å². The van der Waals surface area contributed by atoms with Crippen LogP contribution in [0, 0.1) is 5.92 Å². The molecule has 1 aliphatic carbocycles. The Morgan fingerprint density at radius 2 is 1.73 bits per heavy atom. The summed E-state index contributed by atoms with van der Waals surface area (Å²) in [6.07, 6.45) is 4.59. The Balaban J connectivity index is 1.54. The van der Waals surface area contributed by atoms with E-state index in [1.165, 1.54) is 55.9 Å². The van der Waals surface area contributed by atoms with Gasteiger partial charge in [-0.15, -0.1) is 0 Å². The highest BCUT2D eigenvalue weighted by Gasteiger charge is 2.27. The molecule has 1 aromatic heterocycles. The lowest BCUT2D eigenvalue weighted by atomic mass is 10.0. The number of ether oxygens (including phenoxy) is 5. The van der Waals surface area contributed by atoms with Gasteiger partial charge in [0.15, 0.2) is 30.5 Å². The zero-order valence-corrected chi connectivity index (χ0v) is 26.2. The SMILES string of the molecule is COc1cc(OS(C)(=O)=O)ccc1C(=O)OCC(=O)O[C@@H](Cc1c(Cl)c[nH+]cc1Cl)c1ccc(OC(F)F)c(OCC2CC2)c1. The lowest BCUT2D eigenvalue weighted by Gasteiger charge is -2.21. The Bertz CT molecular complexity index is 1630. The molecule has 11 nitrogen and oxygen atoms in total. The van der Waals surface area contributed by atoms with Crippen LogP contribution in [-0.4, -0.2) is 53.5 Å². The molecule has 0 radical (unpaired) electrons. The molecule has 1 saturated carbocycles. The summed E-state index contributed by atoms with van der Waals surface area (Å²) in [7, 11) is -2.59. The molecule has 4 rings (SSSR count). The number of aromatic nitrogens is 1. The zero-order chi connectivity index (χ0) is 32.7. The van der Waals surface area contributed by atoms with E-state index in [0.717, 1.165) is 19.1 Å². The van der Waals surface area contributed by atoms with Crippen molar-refractivity contribution in [1.82, 2.24) is 0 Å². The average molecular weight is 692 g/mol. The van der Waals surface area contributed by atoms with Gasteiger partial charge in [0.25, 0.3) is 0 Å². The molecule has 0 amide bonds. The normalized spacial score (nSPS) is 13.6. The van der Waals surface area contributed by atoms with Gasteiger partial charge in [-0.1, -0.05) is 29.3 Å². The van der Waals surface area contributed by atoms with Gasteiger partial charge in [-0.2, -0.15) is 17.2 Å². The third-order valence-electron chi connectivity index (χ3n) is 6.35. The molecule has 0 bridgehead atoms. The van der Waals surface area contributed by atoms with Crippen molar-refractivity contribution in [3.05, 3.63) is 75.5 Å². The molecule has 16 heteroatoms. The smallest absolute Gasteiger partial charge is 0.387 e. The first-order chi connectivity index (χ1) is 21.3. The van der Waals surface area contributed by atoms with Crippen LogP contribution in [-0.2, 0) is 30.8 Å². The molecular formula is C29H28Cl2F2NO10S+. The third-order valence-corrected chi connectivity index (χ3v) is 7.52. The van der Waals surface area contributed by atoms with Gasteiger partial charge in [-0.05, 0) is 48.6 Å². The molecule has 242 valence electrons. The van der Waals surface area contributed by atoms with E-state index in [-0.39, 0.29) is 45.0 Å². The van der Waals surface area contributed by atoms with Crippen LogP contribution in [0.4, 0.5) is 8.78 Å². The predicted octanol–water partition coefficient (Wildman–Crippen LogP) is 5.23. The Morgan fingerprint density at radius 3 is 2.36 bits per heavy atom. The van der Waals surface area contributed by atoms with Crippen molar-refractivity contribution < 1.29 is 59.6 Å². The molecule has 1 N–H and O–H groups in total. The molecule has 0 spiro atoms. The van der Waals surface area contributed by atoms with Crippen molar-refractivity contribution >= 4 is 45.3 Å². The standard InChI is InChI=1S/C29H27Cl2F2NO10S/c1-39-25-10-18(44-45(2,37)38)6-7-19(25)28(36)41-15-27(35)42-24(11-20-21(30)12-34-13-22(20)31)17-5-8-23(43-29(32)33)26(9-17)40-14-16-3-4-16/h5-10,12-13,16,24,29H,3-4,11,14-15H2,1-2H3/p+1/t24-/m0/s1. The maximum Gasteiger partial charge on any atom is 0.387 e. The molecule has 1 atom stereocenters. The Hall–Kier alpha value is -3.88. The highest BCUT2D eigenvalue weighted by molar-refractivity contribution is 7.86. The van der Waals surface area contributed by atoms with Crippen LogP contribution in [0.1, 0.15) is 40.4 Å². The van der Waals surface area contributed by atoms with E-state index in [0.29, 0.717) is 23.7 Å². The van der Waals surface area contributed by atoms with Crippen LogP contribution in [0.2, 0.25) is 10.0 Å². The van der Waals surface area contributed by atoms with E-state index in [1.54, 1.807) is 0 Å². The minimum atomic E-state index is -3.83. The van der Waals surface area contributed by atoms with Crippen molar-refractivity contribution in [3.63, 3.8) is 0 Å². The van der Waals surface area contributed by atoms with Gasteiger partial charge < -0.3 is 27.9 Å². The summed E-state index contributed by atoms with van der Waals surface area (Å²) < 4.78 is 80.1. The number of methoxy groups -OCH3 is 1. The number of alkyl halides is 2. The third kappa shape index (κ3) is 10.1. The number of carbonyl (C=O) groups is 2. The molecule has 1 aliphatic rings. The summed E-state index contributed by atoms with van der Waals surface area (Å²) in [6.45, 7) is -3.63. The van der Waals surface area contributed by atoms with Gasteiger partial charge in [0.1, 0.15) is 33.2 Å². The second kappa shape index (κ2) is 14.9. The summed E-state index contributed by atoms with van der Waals surface area (Å²) in [5.74, 6) is -1.97. The highest BCUT2D eigenvalue weighted by atomic mass is 35.5. The minimum Gasteiger partial charge on any atom is -0.496 e. The van der Waals surface area contributed by atoms with Crippen LogP contribution in [0.25, 0.3) is 0 Å². The van der Waals surface area contributed by atoms with Crippen molar-refractivity contribution in [3.8, 4) is 23.0 Å². The zero-order valence-electron chi connectivity index (χ0n) is 23.9. The van der Waals surface area contributed by atoms with E-state index in [2.05, 4.69) is 9.72 Å². The van der Waals surface area contributed by atoms with Gasteiger partial charge in [0.2, 0.25) is 0 Å². The van der Waals surface area contributed by atoms with Gasteiger partial charge >= 0.3 is 28.7 Å². The topological polar surface area (TPSA) is 138 Å². The number of hydrogen-bond acceptors (Lipinski definition) is 10. The van der Waals surface area contributed by atoms with Crippen molar-refractivity contribution in [2.45, 2.75) is 32.0 Å². The first-order valence-electron chi connectivity index (χ1n) is 13.3.